The van der Waals surface area contributed by atoms with E-state index < -0.39 is 0 Å². The van der Waals surface area contributed by atoms with Crippen LogP contribution in [0.1, 0.15) is 19.3 Å². The lowest BCUT2D eigenvalue weighted by Crippen LogP contribution is -2.51. The summed E-state index contributed by atoms with van der Waals surface area (Å²) in [6, 6.07) is 8.55. The van der Waals surface area contributed by atoms with Crippen molar-refractivity contribution in [1.82, 2.24) is 9.80 Å². The normalized spacial score (nSPS) is 20.9. The van der Waals surface area contributed by atoms with E-state index in [9.17, 15) is 0 Å². The van der Waals surface area contributed by atoms with Crippen LogP contribution in [0.2, 0.25) is 0 Å². The molecule has 24 heavy (non-hydrogen) atoms. The quantitative estimate of drug-likeness (QED) is 0.715. The van der Waals surface area contributed by atoms with E-state index in [0.29, 0.717) is 0 Å². The van der Waals surface area contributed by atoms with Gasteiger partial charge in [0.1, 0.15) is 11.5 Å². The van der Waals surface area contributed by atoms with Gasteiger partial charge >= 0.3 is 0 Å². The molecule has 5 heteroatoms. The highest BCUT2D eigenvalue weighted by atomic mass is 16.5. The molecule has 2 saturated heterocycles. The van der Waals surface area contributed by atoms with Gasteiger partial charge in [-0.1, -0.05) is 0 Å². The van der Waals surface area contributed by atoms with Crippen molar-refractivity contribution in [3.8, 4) is 11.5 Å². The highest BCUT2D eigenvalue weighted by Crippen LogP contribution is 2.18. The molecule has 2 aliphatic heterocycles. The summed E-state index contributed by atoms with van der Waals surface area (Å²) in [5, 5.41) is 0. The third-order valence-electron chi connectivity index (χ3n) is 5.06. The van der Waals surface area contributed by atoms with Crippen molar-refractivity contribution in [2.24, 2.45) is 0 Å². The molecule has 1 aromatic rings. The average Bonchev–Trinajstić information content (AvgIpc) is 2.67. The zero-order valence-corrected chi connectivity index (χ0v) is 14.8. The molecule has 2 heterocycles. The smallest absolute Gasteiger partial charge is 0.119 e. The van der Waals surface area contributed by atoms with E-state index in [2.05, 4.69) is 9.80 Å². The average molecular weight is 334 g/mol. The van der Waals surface area contributed by atoms with Crippen molar-refractivity contribution in [2.45, 2.75) is 25.3 Å². The SMILES string of the molecule is COc1ccc(OCCCN2CCN(C3CCOCC3)CC2)cc1. The predicted octanol–water partition coefficient (Wildman–Crippen LogP) is 2.26. The second-order valence-corrected chi connectivity index (χ2v) is 6.60. The first-order chi connectivity index (χ1) is 11.8. The van der Waals surface area contributed by atoms with Crippen LogP contribution in [0.25, 0.3) is 0 Å². The fourth-order valence-corrected chi connectivity index (χ4v) is 3.55. The molecule has 0 amide bonds. The monoisotopic (exact) mass is 334 g/mol. The maximum absolute atomic E-state index is 5.81. The van der Waals surface area contributed by atoms with Crippen molar-refractivity contribution >= 4 is 0 Å². The van der Waals surface area contributed by atoms with Crippen LogP contribution in [0.15, 0.2) is 24.3 Å². The summed E-state index contributed by atoms with van der Waals surface area (Å²) >= 11 is 0. The van der Waals surface area contributed by atoms with Crippen LogP contribution in [0.5, 0.6) is 11.5 Å². The summed E-state index contributed by atoms with van der Waals surface area (Å²) < 4.78 is 16.4. The predicted molar refractivity (Wildman–Crippen MR) is 95.0 cm³/mol. The van der Waals surface area contributed by atoms with Gasteiger partial charge in [-0.25, -0.2) is 0 Å². The number of benzene rings is 1. The zero-order chi connectivity index (χ0) is 16.6. The van der Waals surface area contributed by atoms with Gasteiger partial charge in [-0.05, 0) is 43.5 Å². The van der Waals surface area contributed by atoms with Crippen LogP contribution in [0.3, 0.4) is 0 Å². The molecule has 134 valence electrons. The van der Waals surface area contributed by atoms with Gasteiger partial charge in [-0.15, -0.1) is 0 Å². The van der Waals surface area contributed by atoms with E-state index >= 15 is 0 Å². The van der Waals surface area contributed by atoms with Crippen molar-refractivity contribution in [2.75, 3.05) is 59.7 Å². The molecule has 0 aliphatic carbocycles. The molecule has 1 aromatic carbocycles. The Bertz CT molecular complexity index is 466. The number of piperazine rings is 1. The summed E-state index contributed by atoms with van der Waals surface area (Å²) in [6.07, 6.45) is 3.48. The Balaban J connectivity index is 1.29. The second kappa shape index (κ2) is 9.25. The van der Waals surface area contributed by atoms with Crippen molar-refractivity contribution in [3.63, 3.8) is 0 Å². The first-order valence-corrected chi connectivity index (χ1v) is 9.16. The van der Waals surface area contributed by atoms with E-state index in [-0.39, 0.29) is 0 Å². The topological polar surface area (TPSA) is 34.2 Å². The maximum Gasteiger partial charge on any atom is 0.119 e. The van der Waals surface area contributed by atoms with Gasteiger partial charge in [0.15, 0.2) is 0 Å². The second-order valence-electron chi connectivity index (χ2n) is 6.60. The first kappa shape index (κ1) is 17.5. The third kappa shape index (κ3) is 5.10. The Morgan fingerprint density at radius 1 is 1.00 bits per heavy atom. The summed E-state index contributed by atoms with van der Waals surface area (Å²) in [4.78, 5) is 5.22. The summed E-state index contributed by atoms with van der Waals surface area (Å²) in [6.45, 7) is 8.53. The Morgan fingerprint density at radius 3 is 2.33 bits per heavy atom. The molecule has 0 unspecified atom stereocenters. The van der Waals surface area contributed by atoms with E-state index in [1.165, 1.54) is 39.0 Å². The third-order valence-corrected chi connectivity index (χ3v) is 5.06. The van der Waals surface area contributed by atoms with Gasteiger partial charge in [0.25, 0.3) is 0 Å². The molecule has 0 bridgehead atoms. The molecule has 2 fully saturated rings. The van der Waals surface area contributed by atoms with E-state index in [0.717, 1.165) is 50.3 Å². The molecule has 3 rings (SSSR count). The zero-order valence-electron chi connectivity index (χ0n) is 14.8. The molecule has 0 spiro atoms. The summed E-state index contributed by atoms with van der Waals surface area (Å²) in [7, 11) is 1.68. The van der Waals surface area contributed by atoms with Crippen molar-refractivity contribution < 1.29 is 14.2 Å². The van der Waals surface area contributed by atoms with Crippen molar-refractivity contribution in [1.29, 1.82) is 0 Å². The van der Waals surface area contributed by atoms with Crippen LogP contribution >= 0.6 is 0 Å². The Hall–Kier alpha value is -1.30. The van der Waals surface area contributed by atoms with Crippen LogP contribution in [0.4, 0.5) is 0 Å². The summed E-state index contributed by atoms with van der Waals surface area (Å²) in [5.41, 5.74) is 0. The standard InChI is InChI=1S/C19H30N2O3/c1-22-18-3-5-19(6-4-18)24-14-2-9-20-10-12-21(13-11-20)17-7-15-23-16-8-17/h3-6,17H,2,7-16H2,1H3. The fraction of sp³-hybridized carbons (Fsp3) is 0.684. The number of hydrogen-bond acceptors (Lipinski definition) is 5. The van der Waals surface area contributed by atoms with E-state index in [1.54, 1.807) is 7.11 Å². The number of hydrogen-bond donors (Lipinski definition) is 0. The fourth-order valence-electron chi connectivity index (χ4n) is 3.55. The Morgan fingerprint density at radius 2 is 1.67 bits per heavy atom. The van der Waals surface area contributed by atoms with Crippen LogP contribution in [0, 0.1) is 0 Å². The van der Waals surface area contributed by atoms with Gasteiger partial charge in [0, 0.05) is 52.0 Å². The van der Waals surface area contributed by atoms with Crippen molar-refractivity contribution in [3.05, 3.63) is 24.3 Å². The van der Waals surface area contributed by atoms with Gasteiger partial charge in [-0.2, -0.15) is 0 Å². The lowest BCUT2D eigenvalue weighted by atomic mass is 10.1. The lowest BCUT2D eigenvalue weighted by Gasteiger charge is -2.40. The van der Waals surface area contributed by atoms with Gasteiger partial charge < -0.3 is 19.1 Å². The molecule has 0 atom stereocenters. The first-order valence-electron chi connectivity index (χ1n) is 9.16. The van der Waals surface area contributed by atoms with Crippen LogP contribution in [-0.2, 0) is 4.74 Å². The highest BCUT2D eigenvalue weighted by Gasteiger charge is 2.25. The van der Waals surface area contributed by atoms with Crippen LogP contribution in [-0.4, -0.2) is 75.5 Å². The van der Waals surface area contributed by atoms with Gasteiger partial charge in [-0.3, -0.25) is 4.90 Å². The van der Waals surface area contributed by atoms with E-state index in [4.69, 9.17) is 14.2 Å². The minimum absolute atomic E-state index is 0.749. The van der Waals surface area contributed by atoms with Crippen LogP contribution < -0.4 is 9.47 Å². The molecular formula is C19H30N2O3. The molecule has 2 aliphatic rings. The minimum Gasteiger partial charge on any atom is -0.497 e. The lowest BCUT2D eigenvalue weighted by molar-refractivity contribution is 0.0132. The highest BCUT2D eigenvalue weighted by molar-refractivity contribution is 5.31. The maximum atomic E-state index is 5.81. The van der Waals surface area contributed by atoms with Gasteiger partial charge in [0.05, 0.1) is 13.7 Å². The molecule has 0 aromatic heterocycles. The largest absolute Gasteiger partial charge is 0.497 e. The number of nitrogens with zero attached hydrogens (tertiary/aromatic N) is 2. The molecule has 0 radical (unpaired) electrons. The number of methoxy groups -OCH3 is 1. The minimum atomic E-state index is 0.749. The molecule has 0 N–H and O–H groups in total. The van der Waals surface area contributed by atoms with Gasteiger partial charge in [0.2, 0.25) is 0 Å². The molecule has 5 nitrogen and oxygen atoms in total. The summed E-state index contributed by atoms with van der Waals surface area (Å²) in [5.74, 6) is 1.78. The Labute approximate surface area is 145 Å². The molecule has 0 saturated carbocycles. The van der Waals surface area contributed by atoms with E-state index in [1.807, 2.05) is 24.3 Å². The molecular weight excluding hydrogens is 304 g/mol. The number of ether oxygens (including phenoxy) is 3. The Kier molecular flexibility index (Phi) is 6.75. The number of rotatable bonds is 7.